The molecule has 2 aliphatic heterocycles. The third-order valence-electron chi connectivity index (χ3n) is 4.51. The van der Waals surface area contributed by atoms with Gasteiger partial charge in [-0.05, 0) is 44.2 Å². The Morgan fingerprint density at radius 2 is 2.20 bits per heavy atom. The smallest absolute Gasteiger partial charge is 0.319 e. The van der Waals surface area contributed by atoms with Crippen LogP contribution in [-0.4, -0.2) is 56.6 Å². The molecule has 25 heavy (non-hydrogen) atoms. The zero-order valence-electron chi connectivity index (χ0n) is 14.7. The summed E-state index contributed by atoms with van der Waals surface area (Å²) in [4.78, 5) is 18.6. The van der Waals surface area contributed by atoms with E-state index in [4.69, 9.17) is 9.47 Å². The maximum Gasteiger partial charge on any atom is 0.319 e. The fraction of sp³-hybridized carbons (Fsp3) is 0.667. The van der Waals surface area contributed by atoms with E-state index >= 15 is 0 Å². The van der Waals surface area contributed by atoms with Gasteiger partial charge in [0, 0.05) is 32.8 Å². The van der Waals surface area contributed by atoms with Crippen molar-refractivity contribution < 1.29 is 14.3 Å². The number of rotatable bonds is 8. The van der Waals surface area contributed by atoms with Crippen molar-refractivity contribution in [1.82, 2.24) is 10.3 Å². The van der Waals surface area contributed by atoms with E-state index in [0.29, 0.717) is 25.4 Å². The van der Waals surface area contributed by atoms with Gasteiger partial charge in [-0.25, -0.2) is 9.78 Å². The number of ether oxygens (including phenoxy) is 2. The van der Waals surface area contributed by atoms with E-state index in [0.717, 1.165) is 44.8 Å². The minimum absolute atomic E-state index is 0.213. The fourth-order valence-corrected chi connectivity index (χ4v) is 3.14. The normalized spacial score (nSPS) is 20.0. The first kappa shape index (κ1) is 17.9. The highest BCUT2D eigenvalue weighted by atomic mass is 16.5. The van der Waals surface area contributed by atoms with Gasteiger partial charge < -0.3 is 25.0 Å². The summed E-state index contributed by atoms with van der Waals surface area (Å²) in [5, 5.41) is 5.63. The van der Waals surface area contributed by atoms with Crippen molar-refractivity contribution in [1.29, 1.82) is 0 Å². The number of carbonyl (C=O) groups is 1. The fourth-order valence-electron chi connectivity index (χ4n) is 3.14. The number of anilines is 2. The second kappa shape index (κ2) is 9.58. The van der Waals surface area contributed by atoms with Crippen molar-refractivity contribution in [3.05, 3.63) is 18.3 Å². The van der Waals surface area contributed by atoms with Gasteiger partial charge in [-0.1, -0.05) is 0 Å². The molecule has 0 spiro atoms. The highest BCUT2D eigenvalue weighted by molar-refractivity contribution is 5.89. The van der Waals surface area contributed by atoms with Gasteiger partial charge in [0.25, 0.3) is 0 Å². The van der Waals surface area contributed by atoms with Gasteiger partial charge in [0.2, 0.25) is 0 Å². The Morgan fingerprint density at radius 1 is 1.32 bits per heavy atom. The van der Waals surface area contributed by atoms with Gasteiger partial charge in [-0.15, -0.1) is 0 Å². The van der Waals surface area contributed by atoms with Crippen LogP contribution in [0, 0.1) is 0 Å². The number of nitrogens with one attached hydrogen (secondary N) is 2. The largest absolute Gasteiger partial charge is 0.379 e. The molecule has 0 unspecified atom stereocenters. The van der Waals surface area contributed by atoms with Crippen molar-refractivity contribution in [2.45, 2.75) is 38.2 Å². The van der Waals surface area contributed by atoms with E-state index < -0.39 is 0 Å². The highest BCUT2D eigenvalue weighted by Crippen LogP contribution is 2.19. The van der Waals surface area contributed by atoms with E-state index in [1.165, 1.54) is 12.8 Å². The van der Waals surface area contributed by atoms with Gasteiger partial charge >= 0.3 is 6.03 Å². The lowest BCUT2D eigenvalue weighted by Crippen LogP contribution is -2.30. The molecule has 2 fully saturated rings. The Balaban J connectivity index is 1.27. The molecule has 138 valence electrons. The zero-order chi connectivity index (χ0) is 17.3. The van der Waals surface area contributed by atoms with E-state index in [-0.39, 0.29) is 12.1 Å². The SMILES string of the molecule is O=C(NCCCOC[C@H]1CCCO1)Nc1ccc(N2CCCC2)nc1. The van der Waals surface area contributed by atoms with Gasteiger partial charge in [0.1, 0.15) is 5.82 Å². The van der Waals surface area contributed by atoms with E-state index in [1.807, 2.05) is 12.1 Å². The topological polar surface area (TPSA) is 75.7 Å². The monoisotopic (exact) mass is 348 g/mol. The zero-order valence-corrected chi connectivity index (χ0v) is 14.7. The summed E-state index contributed by atoms with van der Waals surface area (Å²) in [7, 11) is 0. The van der Waals surface area contributed by atoms with Crippen LogP contribution >= 0.6 is 0 Å². The molecule has 0 radical (unpaired) electrons. The molecule has 1 aromatic heterocycles. The summed E-state index contributed by atoms with van der Waals surface area (Å²) in [6.07, 6.45) is 7.41. The van der Waals surface area contributed by atoms with Crippen LogP contribution in [0.15, 0.2) is 18.3 Å². The third kappa shape index (κ3) is 5.86. The molecule has 2 aliphatic rings. The van der Waals surface area contributed by atoms with Crippen LogP contribution < -0.4 is 15.5 Å². The number of nitrogens with zero attached hydrogens (tertiary/aromatic N) is 2. The average molecular weight is 348 g/mol. The molecular weight excluding hydrogens is 320 g/mol. The maximum absolute atomic E-state index is 11.9. The predicted octanol–water partition coefficient (Wildman–Crippen LogP) is 2.39. The Hall–Kier alpha value is -1.86. The number of amides is 2. The lowest BCUT2D eigenvalue weighted by atomic mass is 10.2. The molecule has 2 amide bonds. The van der Waals surface area contributed by atoms with E-state index in [2.05, 4.69) is 20.5 Å². The Labute approximate surface area is 149 Å². The number of hydrogen-bond donors (Lipinski definition) is 2. The van der Waals surface area contributed by atoms with Gasteiger partial charge in [0.15, 0.2) is 0 Å². The van der Waals surface area contributed by atoms with Crippen LogP contribution in [0.1, 0.15) is 32.1 Å². The summed E-state index contributed by atoms with van der Waals surface area (Å²) in [5.74, 6) is 0.979. The molecule has 0 bridgehead atoms. The molecule has 1 aromatic rings. The van der Waals surface area contributed by atoms with E-state index in [9.17, 15) is 4.79 Å². The van der Waals surface area contributed by atoms with Crippen LogP contribution in [-0.2, 0) is 9.47 Å². The molecule has 1 atom stereocenters. The van der Waals surface area contributed by atoms with Crippen molar-refractivity contribution in [3.8, 4) is 0 Å². The van der Waals surface area contributed by atoms with Crippen molar-refractivity contribution in [2.24, 2.45) is 0 Å². The van der Waals surface area contributed by atoms with Crippen LogP contribution in [0.4, 0.5) is 16.3 Å². The number of urea groups is 1. The van der Waals surface area contributed by atoms with Gasteiger partial charge in [-0.2, -0.15) is 0 Å². The maximum atomic E-state index is 11.9. The molecule has 2 N–H and O–H groups in total. The molecule has 0 saturated carbocycles. The van der Waals surface area contributed by atoms with Crippen molar-refractivity contribution >= 4 is 17.5 Å². The van der Waals surface area contributed by atoms with Crippen LogP contribution in [0.3, 0.4) is 0 Å². The molecule has 0 aliphatic carbocycles. The number of hydrogen-bond acceptors (Lipinski definition) is 5. The highest BCUT2D eigenvalue weighted by Gasteiger charge is 2.15. The van der Waals surface area contributed by atoms with Crippen LogP contribution in [0.25, 0.3) is 0 Å². The second-order valence-electron chi connectivity index (χ2n) is 6.54. The quantitative estimate of drug-likeness (QED) is 0.706. The molecule has 7 nitrogen and oxygen atoms in total. The van der Waals surface area contributed by atoms with Crippen molar-refractivity contribution in [2.75, 3.05) is 49.7 Å². The van der Waals surface area contributed by atoms with Crippen LogP contribution in [0.2, 0.25) is 0 Å². The Bertz CT molecular complexity index is 526. The molecule has 3 heterocycles. The summed E-state index contributed by atoms with van der Waals surface area (Å²) in [6, 6.07) is 3.64. The molecule has 7 heteroatoms. The Morgan fingerprint density at radius 3 is 2.92 bits per heavy atom. The molecular formula is C18H28N4O3. The summed E-state index contributed by atoms with van der Waals surface area (Å²) < 4.78 is 11.1. The van der Waals surface area contributed by atoms with E-state index in [1.54, 1.807) is 6.20 Å². The number of aromatic nitrogens is 1. The number of carbonyl (C=O) groups excluding carboxylic acids is 1. The average Bonchev–Trinajstić information content (AvgIpc) is 3.32. The van der Waals surface area contributed by atoms with Crippen molar-refractivity contribution in [3.63, 3.8) is 0 Å². The molecule has 3 rings (SSSR count). The second-order valence-corrected chi connectivity index (χ2v) is 6.54. The minimum Gasteiger partial charge on any atom is -0.379 e. The standard InChI is InChI=1S/C18H28N4O3/c23-18(19-8-4-11-24-14-16-5-3-12-25-16)21-15-6-7-17(20-13-15)22-9-1-2-10-22/h6-7,13,16H,1-5,8-12,14H2,(H2,19,21,23)/t16-/m1/s1. The summed E-state index contributed by atoms with van der Waals surface area (Å²) >= 11 is 0. The lowest BCUT2D eigenvalue weighted by molar-refractivity contribution is 0.0168. The first-order valence-corrected chi connectivity index (χ1v) is 9.26. The van der Waals surface area contributed by atoms with Gasteiger partial charge in [-0.3, -0.25) is 0 Å². The number of pyridine rings is 1. The lowest BCUT2D eigenvalue weighted by Gasteiger charge is -2.16. The summed E-state index contributed by atoms with van der Waals surface area (Å²) in [5.41, 5.74) is 0.704. The third-order valence-corrected chi connectivity index (χ3v) is 4.51. The Kier molecular flexibility index (Phi) is 6.88. The first-order valence-electron chi connectivity index (χ1n) is 9.26. The molecule has 2 saturated heterocycles. The molecule has 0 aromatic carbocycles. The summed E-state index contributed by atoms with van der Waals surface area (Å²) in [6.45, 7) is 4.85. The predicted molar refractivity (Wildman–Crippen MR) is 97.1 cm³/mol. The first-order chi connectivity index (χ1) is 12.3. The minimum atomic E-state index is -0.213. The van der Waals surface area contributed by atoms with Gasteiger partial charge in [0.05, 0.1) is 24.6 Å². The van der Waals surface area contributed by atoms with Crippen LogP contribution in [0.5, 0.6) is 0 Å².